The zero-order valence-electron chi connectivity index (χ0n) is 16.7. The minimum atomic E-state index is -0.268. The predicted octanol–water partition coefficient (Wildman–Crippen LogP) is 6.58. The SMILES string of the molecule is CCOc1cc(CNc2ccccc2CC)cc(I)c1OCc1ccccc1F. The first-order chi connectivity index (χ1) is 14.1. The zero-order chi connectivity index (χ0) is 20.6. The van der Waals surface area contributed by atoms with Crippen LogP contribution in [0.15, 0.2) is 60.7 Å². The summed E-state index contributed by atoms with van der Waals surface area (Å²) in [7, 11) is 0. The molecule has 0 spiro atoms. The van der Waals surface area contributed by atoms with E-state index in [1.165, 1.54) is 11.6 Å². The third kappa shape index (κ3) is 5.63. The smallest absolute Gasteiger partial charge is 0.174 e. The van der Waals surface area contributed by atoms with Crippen molar-refractivity contribution < 1.29 is 13.9 Å². The highest BCUT2D eigenvalue weighted by Gasteiger charge is 2.14. The molecule has 1 N–H and O–H groups in total. The number of benzene rings is 3. The van der Waals surface area contributed by atoms with Crippen molar-refractivity contribution in [2.24, 2.45) is 0 Å². The van der Waals surface area contributed by atoms with Crippen molar-refractivity contribution in [2.75, 3.05) is 11.9 Å². The second-order valence-electron chi connectivity index (χ2n) is 6.58. The van der Waals surface area contributed by atoms with Gasteiger partial charge in [0, 0.05) is 17.8 Å². The van der Waals surface area contributed by atoms with Gasteiger partial charge in [-0.15, -0.1) is 0 Å². The fourth-order valence-electron chi connectivity index (χ4n) is 3.09. The van der Waals surface area contributed by atoms with Gasteiger partial charge in [-0.05, 0) is 71.3 Å². The average Bonchev–Trinajstić information content (AvgIpc) is 2.73. The molecule has 3 aromatic rings. The maximum absolute atomic E-state index is 13.9. The Morgan fingerprint density at radius 1 is 0.931 bits per heavy atom. The third-order valence-electron chi connectivity index (χ3n) is 4.58. The number of hydrogen-bond donors (Lipinski definition) is 1. The van der Waals surface area contributed by atoms with Gasteiger partial charge in [0.05, 0.1) is 10.2 Å². The molecule has 0 bridgehead atoms. The van der Waals surface area contributed by atoms with E-state index in [1.807, 2.05) is 19.1 Å². The lowest BCUT2D eigenvalue weighted by Gasteiger charge is -2.17. The molecule has 0 radical (unpaired) electrons. The van der Waals surface area contributed by atoms with Crippen molar-refractivity contribution in [3.63, 3.8) is 0 Å². The lowest BCUT2D eigenvalue weighted by Crippen LogP contribution is -2.06. The lowest BCUT2D eigenvalue weighted by molar-refractivity contribution is 0.264. The zero-order valence-corrected chi connectivity index (χ0v) is 18.8. The second-order valence-corrected chi connectivity index (χ2v) is 7.74. The molecular formula is C24H25FINO2. The predicted molar refractivity (Wildman–Crippen MR) is 124 cm³/mol. The van der Waals surface area contributed by atoms with E-state index >= 15 is 0 Å². The van der Waals surface area contributed by atoms with E-state index in [9.17, 15) is 4.39 Å². The Labute approximate surface area is 185 Å². The van der Waals surface area contributed by atoms with Gasteiger partial charge in [0.15, 0.2) is 11.5 Å². The molecule has 3 rings (SSSR count). The van der Waals surface area contributed by atoms with Gasteiger partial charge in [0.1, 0.15) is 12.4 Å². The van der Waals surface area contributed by atoms with E-state index in [0.717, 1.165) is 21.2 Å². The number of anilines is 1. The van der Waals surface area contributed by atoms with Gasteiger partial charge in [0.2, 0.25) is 0 Å². The van der Waals surface area contributed by atoms with Gasteiger partial charge >= 0.3 is 0 Å². The van der Waals surface area contributed by atoms with Crippen LogP contribution in [0.4, 0.5) is 10.1 Å². The number of nitrogens with one attached hydrogen (secondary N) is 1. The van der Waals surface area contributed by atoms with Gasteiger partial charge in [-0.25, -0.2) is 4.39 Å². The van der Waals surface area contributed by atoms with Crippen molar-refractivity contribution in [3.05, 3.63) is 86.7 Å². The summed E-state index contributed by atoms with van der Waals surface area (Å²) >= 11 is 2.24. The molecule has 0 aliphatic rings. The second kappa shape index (κ2) is 10.5. The summed E-state index contributed by atoms with van der Waals surface area (Å²) < 4.78 is 26.6. The number of para-hydroxylation sites is 1. The topological polar surface area (TPSA) is 30.5 Å². The summed E-state index contributed by atoms with van der Waals surface area (Å²) in [6.07, 6.45) is 0.980. The fraction of sp³-hybridized carbons (Fsp3) is 0.250. The normalized spacial score (nSPS) is 10.6. The van der Waals surface area contributed by atoms with E-state index in [0.29, 0.717) is 30.2 Å². The Morgan fingerprint density at radius 3 is 2.38 bits per heavy atom. The third-order valence-corrected chi connectivity index (χ3v) is 5.38. The van der Waals surface area contributed by atoms with Crippen LogP contribution in [-0.4, -0.2) is 6.61 Å². The van der Waals surface area contributed by atoms with Crippen molar-refractivity contribution in [3.8, 4) is 11.5 Å². The van der Waals surface area contributed by atoms with Gasteiger partial charge in [-0.2, -0.15) is 0 Å². The lowest BCUT2D eigenvalue weighted by atomic mass is 10.1. The van der Waals surface area contributed by atoms with E-state index in [1.54, 1.807) is 18.2 Å². The molecule has 3 nitrogen and oxygen atoms in total. The Bertz CT molecular complexity index is 961. The average molecular weight is 505 g/mol. The molecule has 0 unspecified atom stereocenters. The van der Waals surface area contributed by atoms with Crippen LogP contribution < -0.4 is 14.8 Å². The van der Waals surface area contributed by atoms with E-state index in [4.69, 9.17) is 9.47 Å². The highest BCUT2D eigenvalue weighted by Crippen LogP contribution is 2.35. The molecule has 3 aromatic carbocycles. The molecule has 0 heterocycles. The van der Waals surface area contributed by atoms with Gasteiger partial charge in [0.25, 0.3) is 0 Å². The Hall–Kier alpha value is -2.28. The molecule has 0 saturated carbocycles. The monoisotopic (exact) mass is 505 g/mol. The Morgan fingerprint density at radius 2 is 1.66 bits per heavy atom. The first-order valence-electron chi connectivity index (χ1n) is 9.75. The summed E-state index contributed by atoms with van der Waals surface area (Å²) in [6.45, 7) is 5.46. The van der Waals surface area contributed by atoms with Crippen LogP contribution in [-0.2, 0) is 19.6 Å². The van der Waals surface area contributed by atoms with Crippen LogP contribution in [0, 0.1) is 9.39 Å². The van der Waals surface area contributed by atoms with Crippen LogP contribution in [0.25, 0.3) is 0 Å². The van der Waals surface area contributed by atoms with Crippen molar-refractivity contribution in [1.82, 2.24) is 0 Å². The number of ether oxygens (including phenoxy) is 2. The molecule has 152 valence electrons. The minimum absolute atomic E-state index is 0.157. The maximum Gasteiger partial charge on any atom is 0.174 e. The Balaban J connectivity index is 1.77. The van der Waals surface area contributed by atoms with Crippen LogP contribution in [0.5, 0.6) is 11.5 Å². The van der Waals surface area contributed by atoms with Crippen molar-refractivity contribution in [1.29, 1.82) is 0 Å². The van der Waals surface area contributed by atoms with Crippen LogP contribution in [0.2, 0.25) is 0 Å². The quantitative estimate of drug-likeness (QED) is 0.333. The summed E-state index contributed by atoms with van der Waals surface area (Å²) in [5.74, 6) is 1.06. The molecule has 29 heavy (non-hydrogen) atoms. The number of hydrogen-bond acceptors (Lipinski definition) is 3. The van der Waals surface area contributed by atoms with E-state index in [-0.39, 0.29) is 12.4 Å². The fourth-order valence-corrected chi connectivity index (χ4v) is 3.91. The first-order valence-corrected chi connectivity index (χ1v) is 10.8. The van der Waals surface area contributed by atoms with Crippen molar-refractivity contribution in [2.45, 2.75) is 33.4 Å². The highest BCUT2D eigenvalue weighted by molar-refractivity contribution is 14.1. The molecule has 0 amide bonds. The minimum Gasteiger partial charge on any atom is -0.490 e. The number of halogens is 2. The maximum atomic E-state index is 13.9. The van der Waals surface area contributed by atoms with Gasteiger partial charge in [-0.3, -0.25) is 0 Å². The standard InChI is InChI=1S/C24H25FINO2/c1-3-18-9-6-8-12-22(18)27-15-17-13-21(26)24(23(14-17)28-4-2)29-16-19-10-5-7-11-20(19)25/h5-14,27H,3-4,15-16H2,1-2H3. The molecule has 0 aliphatic carbocycles. The molecule has 0 fully saturated rings. The van der Waals surface area contributed by atoms with Gasteiger partial charge < -0.3 is 14.8 Å². The summed E-state index contributed by atoms with van der Waals surface area (Å²) in [5.41, 5.74) is 4.05. The summed E-state index contributed by atoms with van der Waals surface area (Å²) in [4.78, 5) is 0. The van der Waals surface area contributed by atoms with E-state index < -0.39 is 0 Å². The first kappa shape index (κ1) is 21.4. The summed E-state index contributed by atoms with van der Waals surface area (Å²) in [5, 5.41) is 3.51. The van der Waals surface area contributed by atoms with Crippen molar-refractivity contribution >= 4 is 28.3 Å². The highest BCUT2D eigenvalue weighted by atomic mass is 127. The molecule has 5 heteroatoms. The van der Waals surface area contributed by atoms with E-state index in [2.05, 4.69) is 59.1 Å². The molecule has 0 aliphatic heterocycles. The number of aryl methyl sites for hydroxylation is 1. The van der Waals surface area contributed by atoms with Crippen LogP contribution in [0.3, 0.4) is 0 Å². The van der Waals surface area contributed by atoms with Gasteiger partial charge in [-0.1, -0.05) is 43.3 Å². The molecular weight excluding hydrogens is 480 g/mol. The van der Waals surface area contributed by atoms with Crippen LogP contribution in [0.1, 0.15) is 30.5 Å². The number of rotatable bonds is 9. The summed E-state index contributed by atoms with van der Waals surface area (Å²) in [6, 6.07) is 19.0. The molecule has 0 aromatic heterocycles. The largest absolute Gasteiger partial charge is 0.490 e. The molecule has 0 saturated heterocycles. The van der Waals surface area contributed by atoms with Crippen LogP contribution >= 0.6 is 22.6 Å². The molecule has 0 atom stereocenters. The Kier molecular flexibility index (Phi) is 7.75.